The van der Waals surface area contributed by atoms with Gasteiger partial charge in [0.15, 0.2) is 0 Å². The summed E-state index contributed by atoms with van der Waals surface area (Å²) in [5.41, 5.74) is 0.583. The number of aromatic nitrogens is 2. The minimum absolute atomic E-state index is 0.0381. The molecule has 0 aliphatic heterocycles. The van der Waals surface area contributed by atoms with E-state index in [0.29, 0.717) is 5.56 Å². The molecule has 1 aromatic carbocycles. The van der Waals surface area contributed by atoms with E-state index in [2.05, 4.69) is 20.3 Å². The van der Waals surface area contributed by atoms with Crippen molar-refractivity contribution in [1.29, 1.82) is 0 Å². The van der Waals surface area contributed by atoms with E-state index < -0.39 is 6.61 Å². The fourth-order valence-corrected chi connectivity index (χ4v) is 3.74. The summed E-state index contributed by atoms with van der Waals surface area (Å²) in [6, 6.07) is 6.17. The molecule has 1 aliphatic rings. The fourth-order valence-electron chi connectivity index (χ4n) is 3.16. The molecule has 3 rings (SSSR count). The Morgan fingerprint density at radius 3 is 2.50 bits per heavy atom. The van der Waals surface area contributed by atoms with E-state index in [1.807, 2.05) is 0 Å². The Labute approximate surface area is 166 Å². The lowest BCUT2D eigenvalue weighted by molar-refractivity contribution is -0.119. The monoisotopic (exact) mass is 411 g/mol. The van der Waals surface area contributed by atoms with Crippen LogP contribution in [0.5, 0.6) is 5.75 Å². The molecule has 0 radical (unpaired) electrons. The molecule has 0 unspecified atom stereocenters. The first-order chi connectivity index (χ1) is 13.6. The average Bonchev–Trinajstić information content (AvgIpc) is 3.11. The van der Waals surface area contributed by atoms with Crippen LogP contribution in [0.15, 0.2) is 33.9 Å². The number of nitrogens with one attached hydrogen (secondary N) is 1. The van der Waals surface area contributed by atoms with Crippen LogP contribution in [0, 0.1) is 0 Å². The van der Waals surface area contributed by atoms with Crippen molar-refractivity contribution in [2.75, 3.05) is 5.75 Å². The number of carbonyl (C=O) groups is 1. The molecule has 0 spiro atoms. The highest BCUT2D eigenvalue weighted by Crippen LogP contribution is 2.25. The number of carbonyl (C=O) groups excluding carboxylic acids is 1. The van der Waals surface area contributed by atoms with Gasteiger partial charge in [0.2, 0.25) is 11.8 Å². The van der Waals surface area contributed by atoms with E-state index in [9.17, 15) is 13.6 Å². The molecule has 1 aromatic heterocycles. The first kappa shape index (κ1) is 20.6. The standard InChI is InChI=1S/C19H23F2N3O3S/c20-18(21)26-15-10-8-13(9-11-15)17-23-24-19(27-17)28-12-16(25)22-14-6-4-2-1-3-5-7-14/h8-11,14,18H,1-7,12H2,(H,22,25). The summed E-state index contributed by atoms with van der Waals surface area (Å²) < 4.78 is 34.2. The Bertz CT molecular complexity index is 747. The maximum absolute atomic E-state index is 12.2. The number of benzene rings is 1. The van der Waals surface area contributed by atoms with Gasteiger partial charge in [0.25, 0.3) is 5.22 Å². The van der Waals surface area contributed by atoms with Crippen molar-refractivity contribution in [3.05, 3.63) is 24.3 Å². The molecule has 1 heterocycles. The van der Waals surface area contributed by atoms with Gasteiger partial charge in [-0.25, -0.2) is 0 Å². The van der Waals surface area contributed by atoms with Gasteiger partial charge in [-0.1, -0.05) is 43.9 Å². The third kappa shape index (κ3) is 6.47. The van der Waals surface area contributed by atoms with Crippen LogP contribution in [0.2, 0.25) is 0 Å². The Kier molecular flexibility index (Phi) is 7.64. The average molecular weight is 411 g/mol. The van der Waals surface area contributed by atoms with Gasteiger partial charge in [0, 0.05) is 11.6 Å². The number of hydrogen-bond donors (Lipinski definition) is 1. The summed E-state index contributed by atoms with van der Waals surface area (Å²) >= 11 is 1.18. The maximum atomic E-state index is 12.2. The summed E-state index contributed by atoms with van der Waals surface area (Å²) in [4.78, 5) is 12.2. The minimum Gasteiger partial charge on any atom is -0.435 e. The quantitative estimate of drug-likeness (QED) is 0.668. The van der Waals surface area contributed by atoms with Crippen molar-refractivity contribution >= 4 is 17.7 Å². The van der Waals surface area contributed by atoms with Crippen molar-refractivity contribution < 1.29 is 22.7 Å². The first-order valence-corrected chi connectivity index (χ1v) is 10.4. The molecule has 0 bridgehead atoms. The number of alkyl halides is 2. The molecule has 9 heteroatoms. The third-order valence-corrected chi connectivity index (χ3v) is 5.35. The number of halogens is 2. The van der Waals surface area contributed by atoms with Gasteiger partial charge in [0.05, 0.1) is 5.75 Å². The lowest BCUT2D eigenvalue weighted by atomic mass is 9.97. The summed E-state index contributed by atoms with van der Waals surface area (Å²) in [7, 11) is 0. The highest BCUT2D eigenvalue weighted by Gasteiger charge is 2.16. The van der Waals surface area contributed by atoms with Gasteiger partial charge in [-0.05, 0) is 37.1 Å². The molecular formula is C19H23F2N3O3S. The SMILES string of the molecule is O=C(CSc1nnc(-c2ccc(OC(F)F)cc2)o1)NC1CCCCCCC1. The molecule has 1 N–H and O–H groups in total. The van der Waals surface area contributed by atoms with E-state index in [0.717, 1.165) is 25.7 Å². The zero-order valence-corrected chi connectivity index (χ0v) is 16.2. The van der Waals surface area contributed by atoms with E-state index in [4.69, 9.17) is 4.42 Å². The van der Waals surface area contributed by atoms with Gasteiger partial charge in [0.1, 0.15) is 5.75 Å². The lowest BCUT2D eigenvalue weighted by Gasteiger charge is -2.20. The summed E-state index contributed by atoms with van der Waals surface area (Å²) in [6.45, 7) is -2.87. The minimum atomic E-state index is -2.87. The van der Waals surface area contributed by atoms with E-state index in [1.165, 1.54) is 43.2 Å². The van der Waals surface area contributed by atoms with Crippen LogP contribution in [-0.4, -0.2) is 34.5 Å². The molecule has 152 valence electrons. The van der Waals surface area contributed by atoms with Crippen molar-refractivity contribution in [2.45, 2.75) is 62.8 Å². The first-order valence-electron chi connectivity index (χ1n) is 9.41. The molecule has 0 atom stereocenters. The molecule has 1 fully saturated rings. The predicted molar refractivity (Wildman–Crippen MR) is 101 cm³/mol. The van der Waals surface area contributed by atoms with E-state index in [1.54, 1.807) is 12.1 Å². The Balaban J connectivity index is 1.48. The van der Waals surface area contributed by atoms with Crippen LogP contribution in [-0.2, 0) is 4.79 Å². The van der Waals surface area contributed by atoms with Gasteiger partial charge in [-0.15, -0.1) is 10.2 Å². The molecule has 6 nitrogen and oxygen atoms in total. The Morgan fingerprint density at radius 2 is 1.82 bits per heavy atom. The number of amides is 1. The van der Waals surface area contributed by atoms with Gasteiger partial charge in [-0.2, -0.15) is 8.78 Å². The predicted octanol–water partition coefficient (Wildman–Crippen LogP) is 4.66. The largest absolute Gasteiger partial charge is 0.435 e. The maximum Gasteiger partial charge on any atom is 0.387 e. The topological polar surface area (TPSA) is 77.2 Å². The molecule has 28 heavy (non-hydrogen) atoms. The Hall–Kier alpha value is -2.16. The smallest absolute Gasteiger partial charge is 0.387 e. The normalized spacial score (nSPS) is 15.8. The molecular weight excluding hydrogens is 388 g/mol. The highest BCUT2D eigenvalue weighted by atomic mass is 32.2. The van der Waals surface area contributed by atoms with Crippen molar-refractivity contribution in [1.82, 2.24) is 15.5 Å². The van der Waals surface area contributed by atoms with Crippen LogP contribution >= 0.6 is 11.8 Å². The highest BCUT2D eigenvalue weighted by molar-refractivity contribution is 7.99. The number of rotatable bonds is 7. The molecule has 0 saturated heterocycles. The number of nitrogens with zero attached hydrogens (tertiary/aromatic N) is 2. The molecule has 1 amide bonds. The van der Waals surface area contributed by atoms with Crippen LogP contribution in [0.3, 0.4) is 0 Å². The summed E-state index contributed by atoms with van der Waals surface area (Å²) in [6.07, 6.45) is 8.15. The number of hydrogen-bond acceptors (Lipinski definition) is 6. The van der Waals surface area contributed by atoms with Crippen LogP contribution in [0.25, 0.3) is 11.5 Å². The van der Waals surface area contributed by atoms with Gasteiger partial charge >= 0.3 is 6.61 Å². The third-order valence-electron chi connectivity index (χ3n) is 4.53. The summed E-state index contributed by atoms with van der Waals surface area (Å²) in [5.74, 6) is 0.480. The van der Waals surface area contributed by atoms with Crippen molar-refractivity contribution in [3.63, 3.8) is 0 Å². The van der Waals surface area contributed by atoms with E-state index >= 15 is 0 Å². The van der Waals surface area contributed by atoms with E-state index in [-0.39, 0.29) is 34.6 Å². The zero-order valence-electron chi connectivity index (χ0n) is 15.4. The van der Waals surface area contributed by atoms with Gasteiger partial charge < -0.3 is 14.5 Å². The summed E-state index contributed by atoms with van der Waals surface area (Å²) in [5, 5.41) is 11.2. The van der Waals surface area contributed by atoms with Crippen LogP contribution < -0.4 is 10.1 Å². The number of thioether (sulfide) groups is 1. The second-order valence-corrected chi connectivity index (χ2v) is 7.60. The number of ether oxygens (including phenoxy) is 1. The molecule has 2 aromatic rings. The molecule has 1 saturated carbocycles. The fraction of sp³-hybridized carbons (Fsp3) is 0.526. The second kappa shape index (κ2) is 10.4. The second-order valence-electron chi connectivity index (χ2n) is 6.67. The van der Waals surface area contributed by atoms with Crippen molar-refractivity contribution in [3.8, 4) is 17.2 Å². The molecule has 1 aliphatic carbocycles. The lowest BCUT2D eigenvalue weighted by Crippen LogP contribution is -2.36. The van der Waals surface area contributed by atoms with Crippen LogP contribution in [0.4, 0.5) is 8.78 Å². The zero-order chi connectivity index (χ0) is 19.8. The van der Waals surface area contributed by atoms with Gasteiger partial charge in [-0.3, -0.25) is 4.79 Å². The van der Waals surface area contributed by atoms with Crippen LogP contribution in [0.1, 0.15) is 44.9 Å². The Morgan fingerprint density at radius 1 is 1.14 bits per heavy atom. The van der Waals surface area contributed by atoms with Crippen molar-refractivity contribution in [2.24, 2.45) is 0 Å².